The lowest BCUT2D eigenvalue weighted by atomic mass is 10.1. The van der Waals surface area contributed by atoms with Gasteiger partial charge in [0.25, 0.3) is 0 Å². The third-order valence-corrected chi connectivity index (χ3v) is 3.08. The maximum absolute atomic E-state index is 5.71. The predicted octanol–water partition coefficient (Wildman–Crippen LogP) is 1.12. The van der Waals surface area contributed by atoms with Crippen molar-refractivity contribution in [3.8, 4) is 0 Å². The molecule has 0 spiro atoms. The van der Waals surface area contributed by atoms with Crippen LogP contribution in [-0.4, -0.2) is 33.5 Å². The molecule has 6 heteroatoms. The first-order valence-electron chi connectivity index (χ1n) is 7.06. The summed E-state index contributed by atoms with van der Waals surface area (Å²) in [6, 6.07) is 0.0556. The number of nitrogens with one attached hydrogen (secondary N) is 1. The molecule has 0 aliphatic carbocycles. The van der Waals surface area contributed by atoms with Gasteiger partial charge in [-0.05, 0) is 19.3 Å². The second-order valence-corrected chi connectivity index (χ2v) is 5.13. The number of aromatic nitrogens is 3. The van der Waals surface area contributed by atoms with Gasteiger partial charge >= 0.3 is 0 Å². The number of hydrazine groups is 1. The predicted molar refractivity (Wildman–Crippen MR) is 75.4 cm³/mol. The fraction of sp³-hybridized carbons (Fsp3) is 0.846. The summed E-state index contributed by atoms with van der Waals surface area (Å²) < 4.78 is 7.67. The highest BCUT2D eigenvalue weighted by molar-refractivity contribution is 4.92. The molecule has 0 saturated carbocycles. The SMILES string of the molecule is CCOC(CC)C(Cc1ncnn1CC(C)C)NN. The summed E-state index contributed by atoms with van der Waals surface area (Å²) in [4.78, 5) is 4.33. The number of nitrogens with two attached hydrogens (primary N) is 1. The summed E-state index contributed by atoms with van der Waals surface area (Å²) in [7, 11) is 0. The normalized spacial score (nSPS) is 14.8. The van der Waals surface area contributed by atoms with E-state index in [-0.39, 0.29) is 12.1 Å². The molecule has 0 fully saturated rings. The first kappa shape index (κ1) is 16.1. The number of nitrogens with zero attached hydrogens (tertiary/aromatic N) is 3. The molecule has 19 heavy (non-hydrogen) atoms. The molecular formula is C13H27N5O. The van der Waals surface area contributed by atoms with Crippen LogP contribution in [0, 0.1) is 5.92 Å². The molecule has 3 N–H and O–H groups in total. The summed E-state index contributed by atoms with van der Waals surface area (Å²) in [6.07, 6.45) is 3.34. The van der Waals surface area contributed by atoms with Gasteiger partial charge in [-0.15, -0.1) is 0 Å². The number of ether oxygens (including phenoxy) is 1. The van der Waals surface area contributed by atoms with Crippen LogP contribution in [0.3, 0.4) is 0 Å². The lowest BCUT2D eigenvalue weighted by Gasteiger charge is -2.25. The Hall–Kier alpha value is -0.980. The third-order valence-electron chi connectivity index (χ3n) is 3.08. The van der Waals surface area contributed by atoms with E-state index in [1.165, 1.54) is 0 Å². The lowest BCUT2D eigenvalue weighted by molar-refractivity contribution is 0.0311. The van der Waals surface area contributed by atoms with Gasteiger partial charge in [0, 0.05) is 19.6 Å². The maximum atomic E-state index is 5.71. The summed E-state index contributed by atoms with van der Waals surface area (Å²) >= 11 is 0. The van der Waals surface area contributed by atoms with E-state index in [0.717, 1.165) is 25.2 Å². The Kier molecular flexibility index (Phi) is 6.97. The first-order chi connectivity index (χ1) is 9.12. The highest BCUT2D eigenvalue weighted by Crippen LogP contribution is 2.10. The largest absolute Gasteiger partial charge is 0.377 e. The van der Waals surface area contributed by atoms with Crippen LogP contribution in [0.5, 0.6) is 0 Å². The van der Waals surface area contributed by atoms with Gasteiger partial charge in [0.15, 0.2) is 0 Å². The smallest absolute Gasteiger partial charge is 0.138 e. The van der Waals surface area contributed by atoms with Crippen LogP contribution >= 0.6 is 0 Å². The molecule has 0 aliphatic heterocycles. The van der Waals surface area contributed by atoms with E-state index < -0.39 is 0 Å². The average Bonchev–Trinajstić information content (AvgIpc) is 2.80. The van der Waals surface area contributed by atoms with Crippen molar-refractivity contribution in [2.45, 2.75) is 59.2 Å². The minimum Gasteiger partial charge on any atom is -0.377 e. The van der Waals surface area contributed by atoms with Crippen LogP contribution in [0.1, 0.15) is 39.9 Å². The molecule has 1 heterocycles. The molecule has 0 bridgehead atoms. The molecule has 2 unspecified atom stereocenters. The van der Waals surface area contributed by atoms with Crippen molar-refractivity contribution >= 4 is 0 Å². The van der Waals surface area contributed by atoms with Crippen LogP contribution in [0.2, 0.25) is 0 Å². The minimum atomic E-state index is 0.0556. The van der Waals surface area contributed by atoms with Gasteiger partial charge in [-0.25, -0.2) is 9.67 Å². The van der Waals surface area contributed by atoms with Crippen LogP contribution in [-0.2, 0) is 17.7 Å². The highest BCUT2D eigenvalue weighted by Gasteiger charge is 2.22. The average molecular weight is 269 g/mol. The fourth-order valence-electron chi connectivity index (χ4n) is 2.17. The zero-order chi connectivity index (χ0) is 14.3. The van der Waals surface area contributed by atoms with Gasteiger partial charge < -0.3 is 4.74 Å². The Labute approximate surface area is 115 Å². The second kappa shape index (κ2) is 8.24. The Bertz CT molecular complexity index is 353. The van der Waals surface area contributed by atoms with Crippen LogP contribution < -0.4 is 11.3 Å². The van der Waals surface area contributed by atoms with E-state index >= 15 is 0 Å². The zero-order valence-electron chi connectivity index (χ0n) is 12.5. The zero-order valence-corrected chi connectivity index (χ0v) is 12.5. The molecule has 0 amide bonds. The van der Waals surface area contributed by atoms with E-state index in [1.54, 1.807) is 6.33 Å². The second-order valence-electron chi connectivity index (χ2n) is 5.13. The third kappa shape index (κ3) is 4.89. The van der Waals surface area contributed by atoms with Crippen molar-refractivity contribution in [3.05, 3.63) is 12.2 Å². The van der Waals surface area contributed by atoms with Crippen molar-refractivity contribution in [1.82, 2.24) is 20.2 Å². The standard InChI is InChI=1S/C13H27N5O/c1-5-12(19-6-2)11(17-14)7-13-15-9-16-18(13)8-10(3)4/h9-12,17H,5-8,14H2,1-4H3. The number of rotatable bonds is 9. The quantitative estimate of drug-likeness (QED) is 0.519. The van der Waals surface area contributed by atoms with E-state index in [4.69, 9.17) is 10.6 Å². The molecule has 1 rings (SSSR count). The summed E-state index contributed by atoms with van der Waals surface area (Å²) in [5.74, 6) is 7.15. The maximum Gasteiger partial charge on any atom is 0.138 e. The van der Waals surface area contributed by atoms with Crippen LogP contribution in [0.4, 0.5) is 0 Å². The van der Waals surface area contributed by atoms with Gasteiger partial charge in [-0.2, -0.15) is 5.10 Å². The summed E-state index contributed by atoms with van der Waals surface area (Å²) in [6.45, 7) is 9.99. The molecular weight excluding hydrogens is 242 g/mol. The van der Waals surface area contributed by atoms with Gasteiger partial charge in [0.1, 0.15) is 12.2 Å². The van der Waals surface area contributed by atoms with Crippen molar-refractivity contribution in [3.63, 3.8) is 0 Å². The van der Waals surface area contributed by atoms with Crippen molar-refractivity contribution in [1.29, 1.82) is 0 Å². The summed E-state index contributed by atoms with van der Waals surface area (Å²) in [5, 5.41) is 4.27. The molecule has 0 saturated heterocycles. The number of hydrogen-bond acceptors (Lipinski definition) is 5. The molecule has 1 aromatic heterocycles. The minimum absolute atomic E-state index is 0.0556. The van der Waals surface area contributed by atoms with Gasteiger partial charge in [-0.3, -0.25) is 11.3 Å². The Morgan fingerprint density at radius 2 is 2.16 bits per heavy atom. The van der Waals surface area contributed by atoms with E-state index in [0.29, 0.717) is 12.5 Å². The van der Waals surface area contributed by atoms with Crippen LogP contribution in [0.15, 0.2) is 6.33 Å². The van der Waals surface area contributed by atoms with E-state index in [9.17, 15) is 0 Å². The molecule has 0 aromatic carbocycles. The van der Waals surface area contributed by atoms with Crippen molar-refractivity contribution in [2.75, 3.05) is 6.61 Å². The monoisotopic (exact) mass is 269 g/mol. The van der Waals surface area contributed by atoms with Gasteiger partial charge in [0.2, 0.25) is 0 Å². The first-order valence-corrected chi connectivity index (χ1v) is 7.06. The molecule has 0 radical (unpaired) electrons. The van der Waals surface area contributed by atoms with Crippen molar-refractivity contribution in [2.24, 2.45) is 11.8 Å². The van der Waals surface area contributed by atoms with Gasteiger partial charge in [0.05, 0.1) is 12.1 Å². The fourth-order valence-corrected chi connectivity index (χ4v) is 2.17. The molecule has 0 aliphatic rings. The lowest BCUT2D eigenvalue weighted by Crippen LogP contribution is -2.47. The summed E-state index contributed by atoms with van der Waals surface area (Å²) in [5.41, 5.74) is 2.85. The Morgan fingerprint density at radius 3 is 2.68 bits per heavy atom. The Balaban J connectivity index is 2.72. The molecule has 1 aromatic rings. The number of hydrogen-bond donors (Lipinski definition) is 2. The Morgan fingerprint density at radius 1 is 1.42 bits per heavy atom. The van der Waals surface area contributed by atoms with E-state index in [2.05, 4.69) is 36.3 Å². The van der Waals surface area contributed by atoms with Crippen LogP contribution in [0.25, 0.3) is 0 Å². The molecule has 110 valence electrons. The molecule has 2 atom stereocenters. The van der Waals surface area contributed by atoms with Crippen molar-refractivity contribution < 1.29 is 4.74 Å². The van der Waals surface area contributed by atoms with E-state index in [1.807, 2.05) is 11.6 Å². The molecule has 6 nitrogen and oxygen atoms in total. The topological polar surface area (TPSA) is 78.0 Å². The highest BCUT2D eigenvalue weighted by atomic mass is 16.5. The van der Waals surface area contributed by atoms with Gasteiger partial charge in [-0.1, -0.05) is 20.8 Å².